The lowest BCUT2D eigenvalue weighted by atomic mass is 10.1. The van der Waals surface area contributed by atoms with Gasteiger partial charge in [0.15, 0.2) is 11.3 Å². The molecule has 0 atom stereocenters. The minimum Gasteiger partial charge on any atom is -0.504 e. The third kappa shape index (κ3) is 2.65. The van der Waals surface area contributed by atoms with E-state index < -0.39 is 5.97 Å². The van der Waals surface area contributed by atoms with Crippen LogP contribution in [0.1, 0.15) is 5.56 Å². The smallest absolute Gasteiger partial charge is 0.328 e. The van der Waals surface area contributed by atoms with Crippen molar-refractivity contribution in [2.24, 2.45) is 0 Å². The molecule has 1 heterocycles. The number of phenols is 1. The van der Waals surface area contributed by atoms with E-state index in [-0.39, 0.29) is 5.75 Å². The van der Waals surface area contributed by atoms with Crippen molar-refractivity contribution in [1.29, 1.82) is 0 Å². The Balaban J connectivity index is 2.09. The minimum absolute atomic E-state index is 0.0141. The Hall–Kier alpha value is -3.01. The molecule has 0 spiro atoms. The maximum Gasteiger partial charge on any atom is 0.328 e. The lowest BCUT2D eigenvalue weighted by molar-refractivity contribution is -0.131. The van der Waals surface area contributed by atoms with Crippen LogP contribution in [-0.4, -0.2) is 16.2 Å². The Morgan fingerprint density at radius 1 is 1.10 bits per heavy atom. The van der Waals surface area contributed by atoms with Gasteiger partial charge in [0.1, 0.15) is 5.76 Å². The third-order valence-electron chi connectivity index (χ3n) is 3.10. The van der Waals surface area contributed by atoms with Gasteiger partial charge in [-0.15, -0.1) is 0 Å². The molecule has 0 fully saturated rings. The number of carboxylic acid groups (broad SMARTS) is 1. The number of furan rings is 1. The molecule has 4 nitrogen and oxygen atoms in total. The highest BCUT2D eigenvalue weighted by atomic mass is 16.4. The molecule has 1 aromatic heterocycles. The summed E-state index contributed by atoms with van der Waals surface area (Å²) >= 11 is 0. The van der Waals surface area contributed by atoms with Crippen molar-refractivity contribution in [3.8, 4) is 17.1 Å². The molecule has 0 saturated carbocycles. The standard InChI is InChI=1S/C17H12O4/c18-14-9-11(6-7-16(19)20)8-13-10-15(21-17(13)14)12-4-2-1-3-5-12/h1-10,18H,(H,19,20)/b7-6+. The first-order valence-electron chi connectivity index (χ1n) is 6.36. The zero-order valence-corrected chi connectivity index (χ0v) is 11.0. The summed E-state index contributed by atoms with van der Waals surface area (Å²) in [6, 6.07) is 14.6. The second-order valence-electron chi connectivity index (χ2n) is 4.61. The summed E-state index contributed by atoms with van der Waals surface area (Å²) in [5, 5.41) is 19.4. The average molecular weight is 280 g/mol. The molecule has 0 bridgehead atoms. The Morgan fingerprint density at radius 2 is 1.86 bits per heavy atom. The second-order valence-corrected chi connectivity index (χ2v) is 4.61. The minimum atomic E-state index is -1.04. The van der Waals surface area contributed by atoms with Gasteiger partial charge in [-0.3, -0.25) is 0 Å². The molecule has 0 unspecified atom stereocenters. The molecule has 0 radical (unpaired) electrons. The predicted molar refractivity (Wildman–Crippen MR) is 80.0 cm³/mol. The number of aliphatic carboxylic acids is 1. The molecule has 0 amide bonds. The number of carboxylic acids is 1. The maximum absolute atomic E-state index is 10.5. The van der Waals surface area contributed by atoms with Gasteiger partial charge in [-0.2, -0.15) is 0 Å². The normalized spacial score (nSPS) is 11.2. The van der Waals surface area contributed by atoms with Crippen molar-refractivity contribution >= 4 is 23.0 Å². The molecule has 104 valence electrons. The van der Waals surface area contributed by atoms with E-state index in [9.17, 15) is 9.90 Å². The number of rotatable bonds is 3. The van der Waals surface area contributed by atoms with Crippen LogP contribution < -0.4 is 0 Å². The average Bonchev–Trinajstić information content (AvgIpc) is 2.91. The number of fused-ring (bicyclic) bond motifs is 1. The summed E-state index contributed by atoms with van der Waals surface area (Å²) in [6.45, 7) is 0. The van der Waals surface area contributed by atoms with Crippen LogP contribution in [0.3, 0.4) is 0 Å². The van der Waals surface area contributed by atoms with Crippen LogP contribution in [0.2, 0.25) is 0 Å². The zero-order valence-electron chi connectivity index (χ0n) is 11.0. The Kier molecular flexibility index (Phi) is 3.20. The van der Waals surface area contributed by atoms with Gasteiger partial charge in [-0.1, -0.05) is 30.3 Å². The molecule has 2 aromatic carbocycles. The van der Waals surface area contributed by atoms with Gasteiger partial charge in [-0.25, -0.2) is 4.79 Å². The zero-order chi connectivity index (χ0) is 14.8. The number of hydrogen-bond acceptors (Lipinski definition) is 3. The molecular formula is C17H12O4. The molecule has 0 saturated heterocycles. The van der Waals surface area contributed by atoms with Crippen molar-refractivity contribution in [1.82, 2.24) is 0 Å². The Morgan fingerprint density at radius 3 is 2.57 bits per heavy atom. The van der Waals surface area contributed by atoms with E-state index in [0.29, 0.717) is 16.9 Å². The maximum atomic E-state index is 10.5. The highest BCUT2D eigenvalue weighted by molar-refractivity contribution is 5.91. The molecule has 0 aliphatic rings. The second kappa shape index (κ2) is 5.17. The van der Waals surface area contributed by atoms with Gasteiger partial charge in [0.25, 0.3) is 0 Å². The van der Waals surface area contributed by atoms with Crippen LogP contribution in [-0.2, 0) is 4.79 Å². The first-order valence-corrected chi connectivity index (χ1v) is 6.36. The van der Waals surface area contributed by atoms with E-state index in [0.717, 1.165) is 17.0 Å². The largest absolute Gasteiger partial charge is 0.504 e. The number of aromatic hydroxyl groups is 1. The molecule has 0 aliphatic heterocycles. The van der Waals surface area contributed by atoms with E-state index in [4.69, 9.17) is 9.52 Å². The van der Waals surface area contributed by atoms with Gasteiger partial charge < -0.3 is 14.6 Å². The van der Waals surface area contributed by atoms with E-state index in [1.54, 1.807) is 6.07 Å². The molecule has 21 heavy (non-hydrogen) atoms. The SMILES string of the molecule is O=C(O)/C=C/c1cc(O)c2oc(-c3ccccc3)cc2c1. The highest BCUT2D eigenvalue weighted by Crippen LogP contribution is 2.34. The van der Waals surface area contributed by atoms with Crippen molar-refractivity contribution in [2.45, 2.75) is 0 Å². The number of phenolic OH excluding ortho intramolecular Hbond substituents is 1. The highest BCUT2D eigenvalue weighted by Gasteiger charge is 2.10. The molecular weight excluding hydrogens is 268 g/mol. The first-order chi connectivity index (χ1) is 10.1. The summed E-state index contributed by atoms with van der Waals surface area (Å²) in [5.74, 6) is -0.397. The van der Waals surface area contributed by atoms with Gasteiger partial charge in [-0.05, 0) is 29.8 Å². The van der Waals surface area contributed by atoms with E-state index in [2.05, 4.69) is 0 Å². The Bertz CT molecular complexity index is 829. The van der Waals surface area contributed by atoms with Crippen molar-refractivity contribution in [3.63, 3.8) is 0 Å². The van der Waals surface area contributed by atoms with Crippen LogP contribution in [0.4, 0.5) is 0 Å². The molecule has 3 aromatic rings. The number of carbonyl (C=O) groups is 1. The van der Waals surface area contributed by atoms with E-state index in [1.807, 2.05) is 36.4 Å². The fourth-order valence-corrected chi connectivity index (χ4v) is 2.17. The molecule has 3 rings (SSSR count). The number of benzene rings is 2. The third-order valence-corrected chi connectivity index (χ3v) is 3.10. The van der Waals surface area contributed by atoms with Crippen LogP contribution >= 0.6 is 0 Å². The summed E-state index contributed by atoms with van der Waals surface area (Å²) in [5.41, 5.74) is 1.90. The quantitative estimate of drug-likeness (QED) is 0.714. The van der Waals surface area contributed by atoms with Crippen LogP contribution in [0.25, 0.3) is 28.4 Å². The summed E-state index contributed by atoms with van der Waals surface area (Å²) in [4.78, 5) is 10.5. The monoisotopic (exact) mass is 280 g/mol. The number of hydrogen-bond donors (Lipinski definition) is 2. The van der Waals surface area contributed by atoms with Gasteiger partial charge in [0.05, 0.1) is 0 Å². The summed E-state index contributed by atoms with van der Waals surface area (Å²) < 4.78 is 5.68. The van der Waals surface area contributed by atoms with Crippen molar-refractivity contribution in [2.75, 3.05) is 0 Å². The summed E-state index contributed by atoms with van der Waals surface area (Å²) in [6.07, 6.45) is 2.45. The van der Waals surface area contributed by atoms with Gasteiger partial charge in [0, 0.05) is 17.0 Å². The van der Waals surface area contributed by atoms with Gasteiger partial charge >= 0.3 is 5.97 Å². The first kappa shape index (κ1) is 13.0. The molecule has 2 N–H and O–H groups in total. The van der Waals surface area contributed by atoms with E-state index >= 15 is 0 Å². The van der Waals surface area contributed by atoms with E-state index in [1.165, 1.54) is 12.1 Å². The van der Waals surface area contributed by atoms with Crippen LogP contribution in [0, 0.1) is 0 Å². The van der Waals surface area contributed by atoms with Gasteiger partial charge in [0.2, 0.25) is 0 Å². The predicted octanol–water partition coefficient (Wildman–Crippen LogP) is 3.90. The lowest BCUT2D eigenvalue weighted by Gasteiger charge is -1.97. The molecule has 4 heteroatoms. The fraction of sp³-hybridized carbons (Fsp3) is 0. The summed E-state index contributed by atoms with van der Waals surface area (Å²) in [7, 11) is 0. The van der Waals surface area contributed by atoms with Crippen molar-refractivity contribution < 1.29 is 19.4 Å². The van der Waals surface area contributed by atoms with Crippen LogP contribution in [0.5, 0.6) is 5.75 Å². The molecule has 0 aliphatic carbocycles. The Labute approximate surface area is 120 Å². The lowest BCUT2D eigenvalue weighted by Crippen LogP contribution is -1.85. The fourth-order valence-electron chi connectivity index (χ4n) is 2.17. The van der Waals surface area contributed by atoms with Crippen molar-refractivity contribution in [3.05, 3.63) is 60.2 Å². The topological polar surface area (TPSA) is 70.7 Å². The van der Waals surface area contributed by atoms with Crippen LogP contribution in [0.15, 0.2) is 59.0 Å².